The molecule has 1 atom stereocenters. The Hall–Kier alpha value is -2.71. The van der Waals surface area contributed by atoms with Gasteiger partial charge >= 0.3 is 0 Å². The van der Waals surface area contributed by atoms with Gasteiger partial charge in [0.15, 0.2) is 0 Å². The molecular weight excluding hydrogens is 332 g/mol. The molecule has 124 valence electrons. The lowest BCUT2D eigenvalue weighted by Crippen LogP contribution is -2.21. The van der Waals surface area contributed by atoms with Gasteiger partial charge in [0.25, 0.3) is 0 Å². The van der Waals surface area contributed by atoms with Crippen LogP contribution in [0.1, 0.15) is 23.0 Å². The molecule has 0 saturated carbocycles. The zero-order valence-electron chi connectivity index (χ0n) is 13.5. The molecule has 2 heterocycles. The number of nitrogens with zero attached hydrogens (tertiary/aromatic N) is 2. The van der Waals surface area contributed by atoms with E-state index in [2.05, 4.69) is 21.8 Å². The summed E-state index contributed by atoms with van der Waals surface area (Å²) in [5.74, 6) is 6.08. The van der Waals surface area contributed by atoms with Crippen LogP contribution in [-0.2, 0) is 0 Å². The first kappa shape index (κ1) is 17.1. The van der Waals surface area contributed by atoms with Gasteiger partial charge in [-0.2, -0.15) is 0 Å². The second kappa shape index (κ2) is 7.91. The Morgan fingerprint density at radius 1 is 0.880 bits per heavy atom. The topological polar surface area (TPSA) is 77.8 Å². The van der Waals surface area contributed by atoms with E-state index in [-0.39, 0.29) is 6.04 Å². The van der Waals surface area contributed by atoms with Crippen LogP contribution in [0.25, 0.3) is 11.1 Å². The first-order chi connectivity index (χ1) is 12.2. The van der Waals surface area contributed by atoms with E-state index in [1.165, 1.54) is 0 Å². The molecule has 0 saturated heterocycles. The summed E-state index contributed by atoms with van der Waals surface area (Å²) < 4.78 is 0. The van der Waals surface area contributed by atoms with Crippen molar-refractivity contribution < 1.29 is 0 Å². The van der Waals surface area contributed by atoms with E-state index < -0.39 is 0 Å². The standard InChI is InChI=1S/C20H17ClN4/c21-17-6-3-15(4-7-17)16-5-9-18(24-13-16)8-1-14-2-10-20(25-12-14)19(23)11-22/h2-7,9-10,12-13,19H,11,22-23H2. The summed E-state index contributed by atoms with van der Waals surface area (Å²) >= 11 is 5.91. The SMILES string of the molecule is NCC(N)c1ccc(C#Cc2ccc(-c3ccc(Cl)cc3)cn2)cn1. The van der Waals surface area contributed by atoms with Gasteiger partial charge in [0.1, 0.15) is 5.69 Å². The Morgan fingerprint density at radius 2 is 1.64 bits per heavy atom. The number of halogens is 1. The number of rotatable bonds is 3. The summed E-state index contributed by atoms with van der Waals surface area (Å²) in [4.78, 5) is 8.67. The number of benzene rings is 1. The molecule has 3 rings (SSSR count). The number of pyridine rings is 2. The zero-order valence-corrected chi connectivity index (χ0v) is 14.2. The molecule has 3 aromatic rings. The predicted octanol–water partition coefficient (Wildman–Crippen LogP) is 3.16. The fourth-order valence-corrected chi connectivity index (χ4v) is 2.36. The molecule has 0 aliphatic heterocycles. The van der Waals surface area contributed by atoms with Crippen LogP contribution in [0.3, 0.4) is 0 Å². The average molecular weight is 349 g/mol. The fraction of sp³-hybridized carbons (Fsp3) is 0.100. The lowest BCUT2D eigenvalue weighted by molar-refractivity contribution is 0.711. The van der Waals surface area contributed by atoms with Gasteiger partial charge in [-0.05, 0) is 41.8 Å². The molecule has 0 bridgehead atoms. The Kier molecular flexibility index (Phi) is 5.42. The van der Waals surface area contributed by atoms with Gasteiger partial charge < -0.3 is 11.5 Å². The van der Waals surface area contributed by atoms with Crippen LogP contribution in [0.5, 0.6) is 0 Å². The maximum atomic E-state index is 5.91. The van der Waals surface area contributed by atoms with Crippen molar-refractivity contribution in [1.82, 2.24) is 9.97 Å². The van der Waals surface area contributed by atoms with Crippen LogP contribution >= 0.6 is 11.6 Å². The molecule has 4 N–H and O–H groups in total. The van der Waals surface area contributed by atoms with E-state index in [1.54, 1.807) is 12.4 Å². The van der Waals surface area contributed by atoms with Crippen LogP contribution in [0, 0.1) is 11.8 Å². The predicted molar refractivity (Wildman–Crippen MR) is 101 cm³/mol. The maximum absolute atomic E-state index is 5.91. The quantitative estimate of drug-likeness (QED) is 0.713. The highest BCUT2D eigenvalue weighted by Gasteiger charge is 2.03. The highest BCUT2D eigenvalue weighted by molar-refractivity contribution is 6.30. The summed E-state index contributed by atoms with van der Waals surface area (Å²) in [5, 5.41) is 0.714. The molecule has 0 radical (unpaired) electrons. The highest BCUT2D eigenvalue weighted by Crippen LogP contribution is 2.20. The first-order valence-electron chi connectivity index (χ1n) is 7.81. The van der Waals surface area contributed by atoms with E-state index in [9.17, 15) is 0 Å². The normalized spacial score (nSPS) is 11.5. The first-order valence-corrected chi connectivity index (χ1v) is 8.19. The molecule has 1 aromatic carbocycles. The zero-order chi connectivity index (χ0) is 17.6. The Labute approximate surface area is 151 Å². The molecule has 0 spiro atoms. The van der Waals surface area contributed by atoms with Gasteiger partial charge in [0.2, 0.25) is 0 Å². The van der Waals surface area contributed by atoms with Crippen LogP contribution in [0.4, 0.5) is 0 Å². The Bertz CT molecular complexity index is 892. The molecular formula is C20H17ClN4. The highest BCUT2D eigenvalue weighted by atomic mass is 35.5. The van der Waals surface area contributed by atoms with Crippen molar-refractivity contribution in [2.24, 2.45) is 11.5 Å². The van der Waals surface area contributed by atoms with Crippen LogP contribution in [-0.4, -0.2) is 16.5 Å². The average Bonchev–Trinajstić information content (AvgIpc) is 2.67. The minimum atomic E-state index is -0.246. The smallest absolute Gasteiger partial charge is 0.113 e. The molecule has 0 aliphatic rings. The minimum absolute atomic E-state index is 0.246. The molecule has 2 aromatic heterocycles. The van der Waals surface area contributed by atoms with Crippen molar-refractivity contribution in [3.63, 3.8) is 0 Å². The molecule has 4 nitrogen and oxygen atoms in total. The van der Waals surface area contributed by atoms with E-state index in [1.807, 2.05) is 48.5 Å². The third-order valence-electron chi connectivity index (χ3n) is 3.70. The molecule has 0 aliphatic carbocycles. The summed E-state index contributed by atoms with van der Waals surface area (Å²) in [7, 11) is 0. The van der Waals surface area contributed by atoms with Crippen molar-refractivity contribution >= 4 is 11.6 Å². The summed E-state index contributed by atoms with van der Waals surface area (Å²) in [6.07, 6.45) is 3.49. The van der Waals surface area contributed by atoms with E-state index in [0.717, 1.165) is 22.4 Å². The molecule has 1 unspecified atom stereocenters. The molecule has 0 amide bonds. The van der Waals surface area contributed by atoms with Gasteiger partial charge in [-0.1, -0.05) is 35.7 Å². The number of hydrogen-bond acceptors (Lipinski definition) is 4. The lowest BCUT2D eigenvalue weighted by atomic mass is 10.1. The monoisotopic (exact) mass is 348 g/mol. The van der Waals surface area contributed by atoms with Crippen molar-refractivity contribution in [2.45, 2.75) is 6.04 Å². The van der Waals surface area contributed by atoms with Crippen LogP contribution in [0.15, 0.2) is 60.9 Å². The second-order valence-electron chi connectivity index (χ2n) is 5.50. The lowest BCUT2D eigenvalue weighted by Gasteiger charge is -2.06. The Balaban J connectivity index is 1.74. The van der Waals surface area contributed by atoms with Gasteiger partial charge in [-0.3, -0.25) is 4.98 Å². The van der Waals surface area contributed by atoms with Gasteiger partial charge in [0.05, 0.1) is 11.7 Å². The molecule has 0 fully saturated rings. The third kappa shape index (κ3) is 4.43. The maximum Gasteiger partial charge on any atom is 0.113 e. The van der Waals surface area contributed by atoms with Crippen LogP contribution in [0.2, 0.25) is 5.02 Å². The largest absolute Gasteiger partial charge is 0.329 e. The van der Waals surface area contributed by atoms with Crippen molar-refractivity contribution in [2.75, 3.05) is 6.54 Å². The summed E-state index contributed by atoms with van der Waals surface area (Å²) in [5.41, 5.74) is 15.7. The van der Waals surface area contributed by atoms with Gasteiger partial charge in [-0.15, -0.1) is 0 Å². The van der Waals surface area contributed by atoms with E-state index >= 15 is 0 Å². The van der Waals surface area contributed by atoms with Gasteiger partial charge in [-0.25, -0.2) is 4.98 Å². The fourth-order valence-electron chi connectivity index (χ4n) is 2.24. The number of hydrogen-bond donors (Lipinski definition) is 2. The minimum Gasteiger partial charge on any atom is -0.329 e. The van der Waals surface area contributed by atoms with E-state index in [4.69, 9.17) is 23.1 Å². The van der Waals surface area contributed by atoms with Gasteiger partial charge in [0, 0.05) is 35.1 Å². The molecule has 25 heavy (non-hydrogen) atoms. The summed E-state index contributed by atoms with van der Waals surface area (Å²) in [6, 6.07) is 15.0. The second-order valence-corrected chi connectivity index (χ2v) is 5.94. The number of nitrogens with two attached hydrogens (primary N) is 2. The summed E-state index contributed by atoms with van der Waals surface area (Å²) in [6.45, 7) is 0.363. The molecule has 5 heteroatoms. The van der Waals surface area contributed by atoms with E-state index in [0.29, 0.717) is 17.3 Å². The Morgan fingerprint density at radius 3 is 2.24 bits per heavy atom. The number of aromatic nitrogens is 2. The van der Waals surface area contributed by atoms with Crippen molar-refractivity contribution in [3.8, 4) is 23.0 Å². The van der Waals surface area contributed by atoms with Crippen molar-refractivity contribution in [1.29, 1.82) is 0 Å². The van der Waals surface area contributed by atoms with Crippen LogP contribution < -0.4 is 11.5 Å². The third-order valence-corrected chi connectivity index (χ3v) is 3.95. The van der Waals surface area contributed by atoms with Crippen molar-refractivity contribution in [3.05, 3.63) is 82.9 Å².